The zero-order valence-electron chi connectivity index (χ0n) is 20.1. The Balaban J connectivity index is 1.34. The van der Waals surface area contributed by atoms with Crippen molar-refractivity contribution in [2.24, 2.45) is 0 Å². The highest BCUT2D eigenvalue weighted by molar-refractivity contribution is 6.11. The van der Waals surface area contributed by atoms with Gasteiger partial charge in [0.2, 0.25) is 0 Å². The van der Waals surface area contributed by atoms with Gasteiger partial charge in [-0.25, -0.2) is 14.2 Å². The predicted octanol–water partition coefficient (Wildman–Crippen LogP) is 4.72. The van der Waals surface area contributed by atoms with E-state index >= 15 is 0 Å². The summed E-state index contributed by atoms with van der Waals surface area (Å²) < 4.78 is 59.0. The van der Waals surface area contributed by atoms with Crippen LogP contribution in [0.1, 0.15) is 33.4 Å². The molecule has 39 heavy (non-hydrogen) atoms. The summed E-state index contributed by atoms with van der Waals surface area (Å²) in [4.78, 5) is 37.7. The lowest BCUT2D eigenvalue weighted by Gasteiger charge is -2.22. The number of benzene rings is 2. The number of urea groups is 1. The van der Waals surface area contributed by atoms with Crippen molar-refractivity contribution in [1.29, 1.82) is 0 Å². The van der Waals surface area contributed by atoms with E-state index in [-0.39, 0.29) is 28.6 Å². The molecule has 1 aliphatic heterocycles. The van der Waals surface area contributed by atoms with Crippen LogP contribution < -0.4 is 16.0 Å². The van der Waals surface area contributed by atoms with Crippen LogP contribution in [0, 0.1) is 5.82 Å². The number of nitrogens with zero attached hydrogens (tertiary/aromatic N) is 3. The number of rotatable bonds is 5. The minimum Gasteiger partial charge on any atom is -0.369 e. The summed E-state index contributed by atoms with van der Waals surface area (Å²) in [6.07, 6.45) is -2.45. The Morgan fingerprint density at radius 1 is 0.974 bits per heavy atom. The predicted molar refractivity (Wildman–Crippen MR) is 133 cm³/mol. The topological polar surface area (TPSA) is 118 Å². The number of anilines is 2. The summed E-state index contributed by atoms with van der Waals surface area (Å²) in [5, 5.41) is 7.84. The van der Waals surface area contributed by atoms with Gasteiger partial charge in [0.05, 0.1) is 35.1 Å². The van der Waals surface area contributed by atoms with E-state index in [0.29, 0.717) is 35.9 Å². The van der Waals surface area contributed by atoms with Crippen LogP contribution in [0.2, 0.25) is 0 Å². The number of morpholine rings is 1. The second-order valence-electron chi connectivity index (χ2n) is 8.59. The van der Waals surface area contributed by atoms with Crippen LogP contribution in [0.3, 0.4) is 0 Å². The molecular formula is C26H20F4N6O3. The summed E-state index contributed by atoms with van der Waals surface area (Å²) in [6.45, 7) is 1.84. The first-order valence-corrected chi connectivity index (χ1v) is 11.7. The molecule has 13 heteroatoms. The van der Waals surface area contributed by atoms with Crippen LogP contribution in [0.4, 0.5) is 33.7 Å². The van der Waals surface area contributed by atoms with Crippen molar-refractivity contribution in [2.75, 3.05) is 30.3 Å². The van der Waals surface area contributed by atoms with Crippen molar-refractivity contribution in [3.8, 4) is 0 Å². The average molecular weight is 540 g/mol. The molecule has 1 aliphatic rings. The van der Waals surface area contributed by atoms with Gasteiger partial charge in [0, 0.05) is 36.2 Å². The number of fused-ring (bicyclic) bond motifs is 1. The molecular weight excluding hydrogens is 520 g/mol. The Hall–Kier alpha value is -4.49. The molecule has 1 unspecified atom stereocenters. The minimum absolute atomic E-state index is 0.0483. The number of ketones is 1. The lowest BCUT2D eigenvalue weighted by Crippen LogP contribution is -2.33. The van der Waals surface area contributed by atoms with Crippen molar-refractivity contribution in [3.05, 3.63) is 89.3 Å². The first-order valence-electron chi connectivity index (χ1n) is 11.7. The average Bonchev–Trinajstić information content (AvgIpc) is 2.93. The Labute approximate surface area is 218 Å². The summed E-state index contributed by atoms with van der Waals surface area (Å²) >= 11 is 0. The van der Waals surface area contributed by atoms with Gasteiger partial charge < -0.3 is 20.7 Å². The number of aromatic nitrogens is 3. The van der Waals surface area contributed by atoms with Crippen LogP contribution in [-0.2, 0) is 10.9 Å². The maximum absolute atomic E-state index is 14.7. The SMILES string of the molecule is O=C(Nc1ccnc(C(F)(F)F)c1)Nc1ccc(F)c(C(=O)c2ccc3ncc(C4CNCCO4)nc3c2)c1. The summed E-state index contributed by atoms with van der Waals surface area (Å²) in [7, 11) is 0. The van der Waals surface area contributed by atoms with E-state index in [1.54, 1.807) is 12.3 Å². The fourth-order valence-electron chi connectivity index (χ4n) is 3.97. The van der Waals surface area contributed by atoms with Crippen LogP contribution in [0.15, 0.2) is 60.9 Å². The Morgan fingerprint density at radius 3 is 2.51 bits per heavy atom. The molecule has 5 rings (SSSR count). The summed E-state index contributed by atoms with van der Waals surface area (Å²) in [5.41, 5.74) is 0.109. The number of nitrogens with one attached hydrogen (secondary N) is 3. The van der Waals surface area contributed by atoms with Crippen molar-refractivity contribution in [2.45, 2.75) is 12.3 Å². The van der Waals surface area contributed by atoms with Gasteiger partial charge in [0.1, 0.15) is 17.6 Å². The minimum atomic E-state index is -4.68. The van der Waals surface area contributed by atoms with Crippen molar-refractivity contribution < 1.29 is 31.9 Å². The zero-order valence-corrected chi connectivity index (χ0v) is 20.1. The van der Waals surface area contributed by atoms with E-state index in [9.17, 15) is 27.2 Å². The van der Waals surface area contributed by atoms with E-state index in [2.05, 4.69) is 30.9 Å². The number of pyridine rings is 1. The molecule has 3 N–H and O–H groups in total. The van der Waals surface area contributed by atoms with E-state index in [1.165, 1.54) is 24.3 Å². The number of ether oxygens (including phenoxy) is 1. The number of alkyl halides is 3. The molecule has 0 saturated carbocycles. The van der Waals surface area contributed by atoms with Crippen LogP contribution in [0.5, 0.6) is 0 Å². The lowest BCUT2D eigenvalue weighted by molar-refractivity contribution is -0.141. The molecule has 2 aromatic carbocycles. The third-order valence-corrected chi connectivity index (χ3v) is 5.86. The van der Waals surface area contributed by atoms with Gasteiger partial charge in [-0.3, -0.25) is 14.8 Å². The standard InChI is InChI=1S/C26H20F4N6O3/c27-18-3-2-15(34-25(38)35-16-5-6-32-23(11-16)26(28,29)30)10-17(18)24(37)14-1-4-19-20(9-14)36-21(12-33-19)22-13-31-7-8-39-22/h1-6,9-12,22,31H,7-8,13H2,(H2,32,34,35,38). The molecule has 2 amide bonds. The van der Waals surface area contributed by atoms with Crippen molar-refractivity contribution in [3.63, 3.8) is 0 Å². The molecule has 200 valence electrons. The largest absolute Gasteiger partial charge is 0.433 e. The lowest BCUT2D eigenvalue weighted by atomic mass is 10.0. The van der Waals surface area contributed by atoms with Gasteiger partial charge in [-0.05, 0) is 48.5 Å². The number of carbonyl (C=O) groups excluding carboxylic acids is 2. The highest BCUT2D eigenvalue weighted by Gasteiger charge is 2.32. The summed E-state index contributed by atoms with van der Waals surface area (Å²) in [5.74, 6) is -1.48. The van der Waals surface area contributed by atoms with Crippen LogP contribution >= 0.6 is 0 Å². The van der Waals surface area contributed by atoms with Crippen molar-refractivity contribution >= 4 is 34.2 Å². The number of halogens is 4. The number of hydrogen-bond acceptors (Lipinski definition) is 7. The van der Waals surface area contributed by atoms with Gasteiger partial charge in [0.15, 0.2) is 5.78 Å². The molecule has 0 bridgehead atoms. The normalized spacial score (nSPS) is 15.6. The first-order chi connectivity index (χ1) is 18.7. The molecule has 3 heterocycles. The third kappa shape index (κ3) is 5.99. The van der Waals surface area contributed by atoms with Crippen LogP contribution in [-0.4, -0.2) is 46.5 Å². The van der Waals surface area contributed by atoms with E-state index < -0.39 is 29.5 Å². The molecule has 4 aromatic rings. The number of amides is 2. The van der Waals surface area contributed by atoms with Gasteiger partial charge >= 0.3 is 12.2 Å². The van der Waals surface area contributed by atoms with Gasteiger partial charge in [-0.1, -0.05) is 0 Å². The fourth-order valence-corrected chi connectivity index (χ4v) is 3.97. The maximum Gasteiger partial charge on any atom is 0.433 e. The number of carbonyl (C=O) groups is 2. The van der Waals surface area contributed by atoms with E-state index in [1.807, 2.05) is 0 Å². The quantitative estimate of drug-likeness (QED) is 0.248. The second kappa shape index (κ2) is 10.7. The van der Waals surface area contributed by atoms with Crippen molar-refractivity contribution in [1.82, 2.24) is 20.3 Å². The Bertz CT molecular complexity index is 1560. The third-order valence-electron chi connectivity index (χ3n) is 5.86. The monoisotopic (exact) mass is 540 g/mol. The molecule has 0 radical (unpaired) electrons. The fraction of sp³-hybridized carbons (Fsp3) is 0.192. The summed E-state index contributed by atoms with van der Waals surface area (Å²) in [6, 6.07) is 8.90. The second-order valence-corrected chi connectivity index (χ2v) is 8.59. The molecule has 2 aromatic heterocycles. The Morgan fingerprint density at radius 2 is 1.77 bits per heavy atom. The highest BCUT2D eigenvalue weighted by atomic mass is 19.4. The Kier molecular flexibility index (Phi) is 7.17. The van der Waals surface area contributed by atoms with Crippen LogP contribution in [0.25, 0.3) is 11.0 Å². The van der Waals surface area contributed by atoms with E-state index in [0.717, 1.165) is 24.9 Å². The van der Waals surface area contributed by atoms with Gasteiger partial charge in [0.25, 0.3) is 0 Å². The molecule has 1 saturated heterocycles. The zero-order chi connectivity index (χ0) is 27.6. The first kappa shape index (κ1) is 26.1. The molecule has 0 spiro atoms. The number of hydrogen-bond donors (Lipinski definition) is 3. The van der Waals surface area contributed by atoms with E-state index in [4.69, 9.17) is 4.74 Å². The molecule has 9 nitrogen and oxygen atoms in total. The molecule has 0 aliphatic carbocycles. The molecule has 1 atom stereocenters. The van der Waals surface area contributed by atoms with Gasteiger partial charge in [-0.2, -0.15) is 13.2 Å². The molecule has 1 fully saturated rings. The maximum atomic E-state index is 14.7. The van der Waals surface area contributed by atoms with Gasteiger partial charge in [-0.15, -0.1) is 0 Å². The smallest absolute Gasteiger partial charge is 0.369 e. The highest BCUT2D eigenvalue weighted by Crippen LogP contribution is 2.29.